The minimum Gasteiger partial charge on any atom is -0.282 e. The summed E-state index contributed by atoms with van der Waals surface area (Å²) >= 11 is 2.75. The van der Waals surface area contributed by atoms with Crippen molar-refractivity contribution in [2.24, 2.45) is 4.99 Å². The van der Waals surface area contributed by atoms with Gasteiger partial charge >= 0.3 is 0 Å². The number of rotatable bonds is 5. The summed E-state index contributed by atoms with van der Waals surface area (Å²) in [6, 6.07) is 8.28. The summed E-state index contributed by atoms with van der Waals surface area (Å²) in [6.45, 7) is 10.3. The van der Waals surface area contributed by atoms with Crippen LogP contribution in [0.3, 0.4) is 0 Å². The Balaban J connectivity index is 1.89. The van der Waals surface area contributed by atoms with Crippen LogP contribution in [0.1, 0.15) is 35.9 Å². The first kappa shape index (κ1) is 18.5. The topological polar surface area (TPSA) is 58.5 Å². The van der Waals surface area contributed by atoms with Crippen LogP contribution in [0.5, 0.6) is 0 Å². The predicted octanol–water partition coefficient (Wildman–Crippen LogP) is 4.76. The molecule has 1 aromatic heterocycles. The van der Waals surface area contributed by atoms with Crippen molar-refractivity contribution in [3.05, 3.63) is 58.0 Å². The summed E-state index contributed by atoms with van der Waals surface area (Å²) in [4.78, 5) is 19.5. The van der Waals surface area contributed by atoms with Gasteiger partial charge in [-0.3, -0.25) is 9.69 Å². The number of nitrogens with zero attached hydrogens (tertiary/aromatic N) is 4. The van der Waals surface area contributed by atoms with E-state index in [1.165, 1.54) is 28.7 Å². The fraction of sp³-hybridized carbons (Fsp3) is 0.263. The van der Waals surface area contributed by atoms with Gasteiger partial charge in [-0.15, -0.1) is 16.8 Å². The first-order chi connectivity index (χ1) is 12.5. The summed E-state index contributed by atoms with van der Waals surface area (Å²) in [7, 11) is 0. The number of hydrogen-bond donors (Lipinski definition) is 0. The van der Waals surface area contributed by atoms with Gasteiger partial charge in [0.2, 0.25) is 5.13 Å². The predicted molar refractivity (Wildman–Crippen MR) is 110 cm³/mol. The smallest absolute Gasteiger partial charge is 0.267 e. The second kappa shape index (κ2) is 7.97. The molecule has 1 aliphatic rings. The van der Waals surface area contributed by atoms with E-state index in [4.69, 9.17) is 0 Å². The molecule has 26 heavy (non-hydrogen) atoms. The molecule has 134 valence electrons. The van der Waals surface area contributed by atoms with E-state index in [1.54, 1.807) is 11.0 Å². The van der Waals surface area contributed by atoms with Gasteiger partial charge in [0.05, 0.1) is 4.91 Å². The molecule has 0 spiro atoms. The first-order valence-corrected chi connectivity index (χ1v) is 9.92. The molecule has 0 saturated carbocycles. The standard InChI is InChI=1S/C19H20N4OS2/c1-5-10-23-17(24)16(11-14-6-8-15(9-7-14)12(2)3)26-19(23)20-18-22-21-13(4)25-18/h5-9,11-12H,1,10H2,2-4H3/b16-11+,20-19?. The molecular formula is C19H20N4OS2. The number of amides is 1. The molecule has 5 nitrogen and oxygen atoms in total. The van der Waals surface area contributed by atoms with Crippen molar-refractivity contribution in [3.8, 4) is 0 Å². The van der Waals surface area contributed by atoms with Crippen LogP contribution in [0.2, 0.25) is 0 Å². The normalized spacial score (nSPS) is 17.7. The van der Waals surface area contributed by atoms with Crippen LogP contribution in [0.4, 0.5) is 5.13 Å². The number of benzene rings is 1. The average Bonchev–Trinajstić information content (AvgIpc) is 3.14. The van der Waals surface area contributed by atoms with Gasteiger partial charge in [0, 0.05) is 6.54 Å². The minimum absolute atomic E-state index is 0.0668. The lowest BCUT2D eigenvalue weighted by atomic mass is 10.0. The Kier molecular flexibility index (Phi) is 5.68. The zero-order chi connectivity index (χ0) is 18.7. The number of thioether (sulfide) groups is 1. The van der Waals surface area contributed by atoms with E-state index < -0.39 is 0 Å². The summed E-state index contributed by atoms with van der Waals surface area (Å²) in [5.41, 5.74) is 2.27. The second-order valence-electron chi connectivity index (χ2n) is 6.13. The van der Waals surface area contributed by atoms with Gasteiger partial charge in [0.25, 0.3) is 5.91 Å². The highest BCUT2D eigenvalue weighted by Gasteiger charge is 2.32. The highest BCUT2D eigenvalue weighted by Crippen LogP contribution is 2.34. The molecule has 2 heterocycles. The number of carbonyl (C=O) groups is 1. The van der Waals surface area contributed by atoms with E-state index in [0.717, 1.165) is 10.6 Å². The fourth-order valence-corrected chi connectivity index (χ4v) is 4.03. The first-order valence-electron chi connectivity index (χ1n) is 8.29. The minimum atomic E-state index is -0.0668. The van der Waals surface area contributed by atoms with Gasteiger partial charge < -0.3 is 0 Å². The van der Waals surface area contributed by atoms with Crippen molar-refractivity contribution in [2.45, 2.75) is 26.7 Å². The molecule has 0 unspecified atom stereocenters. The lowest BCUT2D eigenvalue weighted by molar-refractivity contribution is -0.121. The molecule has 1 aromatic carbocycles. The summed E-state index contributed by atoms with van der Waals surface area (Å²) in [5, 5.41) is 9.99. The lowest BCUT2D eigenvalue weighted by Gasteiger charge is -2.11. The third kappa shape index (κ3) is 4.11. The highest BCUT2D eigenvalue weighted by molar-refractivity contribution is 8.18. The van der Waals surface area contributed by atoms with Crippen LogP contribution in [0.15, 0.2) is 46.8 Å². The third-order valence-electron chi connectivity index (χ3n) is 3.81. The Bertz CT molecular complexity index is 881. The zero-order valence-electron chi connectivity index (χ0n) is 15.0. The maximum atomic E-state index is 12.8. The molecule has 0 atom stereocenters. The van der Waals surface area contributed by atoms with E-state index in [1.807, 2.05) is 25.1 Å². The van der Waals surface area contributed by atoms with Gasteiger partial charge in [-0.25, -0.2) is 0 Å². The SMILES string of the molecule is C=CCN1C(=O)/C(=C\c2ccc(C(C)C)cc2)SC1=Nc1nnc(C)s1. The van der Waals surface area contributed by atoms with Crippen molar-refractivity contribution < 1.29 is 4.79 Å². The molecule has 7 heteroatoms. The number of aromatic nitrogens is 2. The van der Waals surface area contributed by atoms with Crippen molar-refractivity contribution >= 4 is 45.4 Å². The maximum absolute atomic E-state index is 12.8. The van der Waals surface area contributed by atoms with Gasteiger partial charge in [-0.2, -0.15) is 4.99 Å². The number of aliphatic imine (C=N–C) groups is 1. The zero-order valence-corrected chi connectivity index (χ0v) is 16.6. The summed E-state index contributed by atoms with van der Waals surface area (Å²) in [6.07, 6.45) is 3.60. The Hall–Kier alpha value is -2.25. The summed E-state index contributed by atoms with van der Waals surface area (Å²) in [5.74, 6) is 0.416. The Morgan fingerprint density at radius 1 is 1.27 bits per heavy atom. The van der Waals surface area contributed by atoms with E-state index in [0.29, 0.717) is 27.7 Å². The molecule has 0 bridgehead atoms. The molecule has 1 aliphatic heterocycles. The van der Waals surface area contributed by atoms with Crippen molar-refractivity contribution in [1.82, 2.24) is 15.1 Å². The lowest BCUT2D eigenvalue weighted by Crippen LogP contribution is -2.29. The molecule has 2 aromatic rings. The van der Waals surface area contributed by atoms with E-state index >= 15 is 0 Å². The number of carbonyl (C=O) groups excluding carboxylic acids is 1. The Morgan fingerprint density at radius 2 is 2.00 bits per heavy atom. The van der Waals surface area contributed by atoms with E-state index in [9.17, 15) is 4.79 Å². The van der Waals surface area contributed by atoms with Crippen LogP contribution in [-0.4, -0.2) is 32.7 Å². The van der Waals surface area contributed by atoms with Crippen LogP contribution in [-0.2, 0) is 4.79 Å². The molecular weight excluding hydrogens is 364 g/mol. The molecule has 1 saturated heterocycles. The van der Waals surface area contributed by atoms with Crippen molar-refractivity contribution in [2.75, 3.05) is 6.54 Å². The van der Waals surface area contributed by atoms with Crippen LogP contribution < -0.4 is 0 Å². The number of hydrogen-bond acceptors (Lipinski definition) is 6. The van der Waals surface area contributed by atoms with Gasteiger partial charge in [0.15, 0.2) is 5.17 Å². The maximum Gasteiger partial charge on any atom is 0.267 e. The van der Waals surface area contributed by atoms with Gasteiger partial charge in [-0.05, 0) is 41.8 Å². The van der Waals surface area contributed by atoms with Gasteiger partial charge in [-0.1, -0.05) is 55.5 Å². The van der Waals surface area contributed by atoms with E-state index in [-0.39, 0.29) is 5.91 Å². The van der Waals surface area contributed by atoms with Crippen molar-refractivity contribution in [1.29, 1.82) is 0 Å². The molecule has 1 fully saturated rings. The van der Waals surface area contributed by atoms with Crippen LogP contribution in [0.25, 0.3) is 6.08 Å². The second-order valence-corrected chi connectivity index (χ2v) is 8.30. The molecule has 1 amide bonds. The highest BCUT2D eigenvalue weighted by atomic mass is 32.2. The average molecular weight is 385 g/mol. The molecule has 0 N–H and O–H groups in total. The Morgan fingerprint density at radius 3 is 2.58 bits per heavy atom. The largest absolute Gasteiger partial charge is 0.282 e. The number of amidine groups is 1. The van der Waals surface area contributed by atoms with Gasteiger partial charge in [0.1, 0.15) is 5.01 Å². The summed E-state index contributed by atoms with van der Waals surface area (Å²) < 4.78 is 0. The third-order valence-corrected chi connectivity index (χ3v) is 5.55. The monoisotopic (exact) mass is 384 g/mol. The van der Waals surface area contributed by atoms with Crippen LogP contribution >= 0.6 is 23.1 Å². The fourth-order valence-electron chi connectivity index (χ4n) is 2.42. The molecule has 3 rings (SSSR count). The van der Waals surface area contributed by atoms with E-state index in [2.05, 4.69) is 47.7 Å². The number of aryl methyl sites for hydroxylation is 1. The molecule has 0 aliphatic carbocycles. The molecule has 0 radical (unpaired) electrons. The Labute approximate surface area is 161 Å². The quantitative estimate of drug-likeness (QED) is 0.551. The van der Waals surface area contributed by atoms with Crippen molar-refractivity contribution in [3.63, 3.8) is 0 Å². The van der Waals surface area contributed by atoms with Crippen LogP contribution in [0, 0.1) is 6.92 Å².